The minimum atomic E-state index is -0.605. The summed E-state index contributed by atoms with van der Waals surface area (Å²) in [6, 6.07) is 8.29. The van der Waals surface area contributed by atoms with Gasteiger partial charge in [0, 0.05) is 6.42 Å². The first-order valence-corrected chi connectivity index (χ1v) is 7.84. The molecule has 1 aromatic rings. The van der Waals surface area contributed by atoms with E-state index in [1.807, 2.05) is 12.1 Å². The van der Waals surface area contributed by atoms with Gasteiger partial charge in [-0.15, -0.1) is 0 Å². The molecule has 0 radical (unpaired) electrons. The van der Waals surface area contributed by atoms with E-state index >= 15 is 0 Å². The molecule has 21 heavy (non-hydrogen) atoms. The normalized spacial score (nSPS) is 25.0. The molecule has 4 nitrogen and oxygen atoms in total. The lowest BCUT2D eigenvalue weighted by molar-refractivity contribution is -0.124. The highest BCUT2D eigenvalue weighted by Gasteiger charge is 2.43. The van der Waals surface area contributed by atoms with E-state index in [2.05, 4.69) is 24.4 Å². The Morgan fingerprint density at radius 2 is 2.14 bits per heavy atom. The number of ether oxygens (including phenoxy) is 1. The number of nitrogens with one attached hydrogen (secondary N) is 1. The summed E-state index contributed by atoms with van der Waals surface area (Å²) in [5, 5.41) is 3.07. The molecule has 2 unspecified atom stereocenters. The summed E-state index contributed by atoms with van der Waals surface area (Å²) in [7, 11) is 1.79. The van der Waals surface area contributed by atoms with Crippen molar-refractivity contribution >= 4 is 5.91 Å². The minimum Gasteiger partial charge on any atom is -0.490 e. The number of likely N-dealkylation sites (N-methyl/N-ethyl adjacent to an activating group) is 1. The number of carbonyl (C=O) groups excluding carboxylic acids is 1. The van der Waals surface area contributed by atoms with Crippen LogP contribution in [0.2, 0.25) is 0 Å². The van der Waals surface area contributed by atoms with Crippen LogP contribution in [0.3, 0.4) is 0 Å². The van der Waals surface area contributed by atoms with Gasteiger partial charge in [-0.1, -0.05) is 25.5 Å². The second-order valence-corrected chi connectivity index (χ2v) is 5.93. The van der Waals surface area contributed by atoms with Gasteiger partial charge in [0.05, 0.1) is 0 Å². The first kappa shape index (κ1) is 15.8. The molecule has 2 atom stereocenters. The van der Waals surface area contributed by atoms with Gasteiger partial charge in [0.1, 0.15) is 17.4 Å². The Morgan fingerprint density at radius 3 is 2.67 bits per heavy atom. The Labute approximate surface area is 127 Å². The van der Waals surface area contributed by atoms with E-state index < -0.39 is 5.54 Å². The molecule has 0 aromatic heterocycles. The summed E-state index contributed by atoms with van der Waals surface area (Å²) >= 11 is 0. The van der Waals surface area contributed by atoms with Crippen LogP contribution >= 0.6 is 0 Å². The minimum absolute atomic E-state index is 0.0476. The van der Waals surface area contributed by atoms with E-state index in [0.717, 1.165) is 25.0 Å². The highest BCUT2D eigenvalue weighted by atomic mass is 16.5. The predicted molar refractivity (Wildman–Crippen MR) is 84.3 cm³/mol. The fraction of sp³-hybridized carbons (Fsp3) is 0.588. The number of amides is 1. The number of hydrogen-bond acceptors (Lipinski definition) is 3. The standard InChI is InChI=1S/C17H26N2O2/c1-3-4-5-13-6-8-14(9-7-13)21-15-10-11-17(12-15,19-2)16(18)20/h6-9,15,19H,3-5,10-12H2,1-2H3,(H2,18,20). The van der Waals surface area contributed by atoms with Crippen molar-refractivity contribution < 1.29 is 9.53 Å². The molecule has 2 rings (SSSR count). The van der Waals surface area contributed by atoms with E-state index in [0.29, 0.717) is 6.42 Å². The Hall–Kier alpha value is -1.55. The van der Waals surface area contributed by atoms with Crippen LogP contribution in [0, 0.1) is 0 Å². The molecule has 4 heteroatoms. The zero-order valence-electron chi connectivity index (χ0n) is 13.0. The summed E-state index contributed by atoms with van der Waals surface area (Å²) in [4.78, 5) is 11.6. The number of benzene rings is 1. The third-order valence-electron chi connectivity index (χ3n) is 4.46. The third-order valence-corrected chi connectivity index (χ3v) is 4.46. The van der Waals surface area contributed by atoms with Crippen LogP contribution in [0.1, 0.15) is 44.6 Å². The van der Waals surface area contributed by atoms with Gasteiger partial charge in [0.15, 0.2) is 0 Å². The van der Waals surface area contributed by atoms with Crippen LogP contribution < -0.4 is 15.8 Å². The van der Waals surface area contributed by atoms with Crippen LogP contribution in [-0.2, 0) is 11.2 Å². The molecular formula is C17H26N2O2. The first-order chi connectivity index (χ1) is 10.1. The van der Waals surface area contributed by atoms with Crippen molar-refractivity contribution in [1.29, 1.82) is 0 Å². The summed E-state index contributed by atoms with van der Waals surface area (Å²) < 4.78 is 5.99. The summed E-state index contributed by atoms with van der Waals surface area (Å²) in [6.45, 7) is 2.20. The van der Waals surface area contributed by atoms with Gasteiger partial charge in [-0.3, -0.25) is 4.79 Å². The van der Waals surface area contributed by atoms with Crippen LogP contribution in [-0.4, -0.2) is 24.6 Å². The topological polar surface area (TPSA) is 64.3 Å². The van der Waals surface area contributed by atoms with E-state index in [4.69, 9.17) is 10.5 Å². The second-order valence-electron chi connectivity index (χ2n) is 5.93. The van der Waals surface area contributed by atoms with Gasteiger partial charge in [0.25, 0.3) is 0 Å². The van der Waals surface area contributed by atoms with Crippen molar-refractivity contribution in [3.63, 3.8) is 0 Å². The maximum atomic E-state index is 11.6. The van der Waals surface area contributed by atoms with Crippen LogP contribution in [0.4, 0.5) is 0 Å². The van der Waals surface area contributed by atoms with E-state index in [9.17, 15) is 4.79 Å². The van der Waals surface area contributed by atoms with E-state index in [1.54, 1.807) is 7.05 Å². The first-order valence-electron chi connectivity index (χ1n) is 7.84. The second kappa shape index (κ2) is 6.94. The van der Waals surface area contributed by atoms with Crippen molar-refractivity contribution in [2.45, 2.75) is 57.1 Å². The number of rotatable bonds is 7. The van der Waals surface area contributed by atoms with Gasteiger partial charge in [-0.05, 0) is 50.4 Å². The van der Waals surface area contributed by atoms with Gasteiger partial charge >= 0.3 is 0 Å². The van der Waals surface area contributed by atoms with Crippen molar-refractivity contribution in [2.75, 3.05) is 7.05 Å². The maximum Gasteiger partial charge on any atom is 0.237 e. The van der Waals surface area contributed by atoms with Crippen molar-refractivity contribution in [1.82, 2.24) is 5.32 Å². The number of primary amides is 1. The molecule has 1 aliphatic carbocycles. The average molecular weight is 290 g/mol. The third kappa shape index (κ3) is 3.76. The molecule has 1 fully saturated rings. The average Bonchev–Trinajstić information content (AvgIpc) is 2.91. The molecule has 3 N–H and O–H groups in total. The van der Waals surface area contributed by atoms with E-state index in [1.165, 1.54) is 18.4 Å². The number of unbranched alkanes of at least 4 members (excludes halogenated alkanes) is 1. The fourth-order valence-corrected chi connectivity index (χ4v) is 2.98. The van der Waals surface area contributed by atoms with Gasteiger partial charge in [0.2, 0.25) is 5.91 Å². The molecule has 1 aliphatic rings. The lowest BCUT2D eigenvalue weighted by Crippen LogP contribution is -2.52. The maximum absolute atomic E-state index is 11.6. The van der Waals surface area contributed by atoms with Gasteiger partial charge in [-0.2, -0.15) is 0 Å². The Balaban J connectivity index is 1.92. The molecule has 1 amide bonds. The zero-order valence-corrected chi connectivity index (χ0v) is 13.0. The highest BCUT2D eigenvalue weighted by molar-refractivity contribution is 5.85. The van der Waals surface area contributed by atoms with Crippen LogP contribution in [0.5, 0.6) is 5.75 Å². The Bertz CT molecular complexity index is 472. The highest BCUT2D eigenvalue weighted by Crippen LogP contribution is 2.32. The molecule has 0 spiro atoms. The zero-order chi connectivity index (χ0) is 15.3. The molecule has 0 bridgehead atoms. The largest absolute Gasteiger partial charge is 0.490 e. The van der Waals surface area contributed by atoms with Crippen LogP contribution in [0.15, 0.2) is 24.3 Å². The number of aryl methyl sites for hydroxylation is 1. The van der Waals surface area contributed by atoms with Crippen molar-refractivity contribution in [3.05, 3.63) is 29.8 Å². The monoisotopic (exact) mass is 290 g/mol. The molecular weight excluding hydrogens is 264 g/mol. The quantitative estimate of drug-likeness (QED) is 0.810. The van der Waals surface area contributed by atoms with Crippen LogP contribution in [0.25, 0.3) is 0 Å². The summed E-state index contributed by atoms with van der Waals surface area (Å²) in [5.74, 6) is 0.586. The predicted octanol–water partition coefficient (Wildman–Crippen LogP) is 2.40. The lowest BCUT2D eigenvalue weighted by Gasteiger charge is -2.24. The van der Waals surface area contributed by atoms with Gasteiger partial charge < -0.3 is 15.8 Å². The van der Waals surface area contributed by atoms with Crippen molar-refractivity contribution in [2.24, 2.45) is 5.73 Å². The molecule has 1 aromatic carbocycles. The molecule has 116 valence electrons. The number of nitrogens with two attached hydrogens (primary N) is 1. The Kier molecular flexibility index (Phi) is 5.23. The number of hydrogen-bond donors (Lipinski definition) is 2. The number of carbonyl (C=O) groups is 1. The van der Waals surface area contributed by atoms with Crippen molar-refractivity contribution in [3.8, 4) is 5.75 Å². The fourth-order valence-electron chi connectivity index (χ4n) is 2.98. The van der Waals surface area contributed by atoms with Gasteiger partial charge in [-0.25, -0.2) is 0 Å². The lowest BCUT2D eigenvalue weighted by atomic mass is 9.97. The summed E-state index contributed by atoms with van der Waals surface area (Å²) in [5.41, 5.74) is 6.25. The smallest absolute Gasteiger partial charge is 0.237 e. The molecule has 0 heterocycles. The Morgan fingerprint density at radius 1 is 1.43 bits per heavy atom. The van der Waals surface area contributed by atoms with E-state index in [-0.39, 0.29) is 12.0 Å². The molecule has 0 aliphatic heterocycles. The summed E-state index contributed by atoms with van der Waals surface area (Å²) in [6.07, 6.45) is 5.80. The molecule has 1 saturated carbocycles. The molecule has 0 saturated heterocycles. The SMILES string of the molecule is CCCCc1ccc(OC2CCC(NC)(C(N)=O)C2)cc1.